The van der Waals surface area contributed by atoms with E-state index < -0.39 is 5.60 Å². The van der Waals surface area contributed by atoms with Gasteiger partial charge in [0.05, 0.1) is 24.8 Å². The van der Waals surface area contributed by atoms with E-state index in [1.54, 1.807) is 0 Å². The number of hydrogen-bond donors (Lipinski definition) is 0. The minimum absolute atomic E-state index is 0.192. The maximum Gasteiger partial charge on any atom is 0.411 e. The molecule has 1 aliphatic heterocycles. The Hall–Kier alpha value is -1.81. The van der Waals surface area contributed by atoms with Crippen molar-refractivity contribution in [1.82, 2.24) is 4.90 Å². The molecule has 1 saturated heterocycles. The van der Waals surface area contributed by atoms with E-state index in [1.165, 1.54) is 0 Å². The Morgan fingerprint density at radius 2 is 1.96 bits per heavy atom. The van der Waals surface area contributed by atoms with Gasteiger partial charge in [0, 0.05) is 0 Å². The highest BCUT2D eigenvalue weighted by Crippen LogP contribution is 2.45. The molecule has 4 heteroatoms. The lowest BCUT2D eigenvalue weighted by Crippen LogP contribution is -2.29. The summed E-state index contributed by atoms with van der Waals surface area (Å²) in [6.07, 6.45) is 4.73. The first kappa shape index (κ1) is 18.5. The number of benzene rings is 1. The zero-order valence-corrected chi connectivity index (χ0v) is 15.4. The lowest BCUT2D eigenvalue weighted by Gasteiger charge is -2.20. The van der Waals surface area contributed by atoms with Crippen molar-refractivity contribution < 1.29 is 14.3 Å². The highest BCUT2D eigenvalue weighted by molar-refractivity contribution is 5.75. The van der Waals surface area contributed by atoms with E-state index in [4.69, 9.17) is 9.47 Å². The lowest BCUT2D eigenvalue weighted by molar-refractivity contribution is 0.0382. The Morgan fingerprint density at radius 1 is 1.29 bits per heavy atom. The van der Waals surface area contributed by atoms with Gasteiger partial charge in [-0.05, 0) is 39.7 Å². The molecule has 132 valence electrons. The molecule has 0 aromatic heterocycles. The molecule has 1 amide bonds. The Kier molecular flexibility index (Phi) is 5.70. The molecule has 1 aliphatic rings. The molecule has 0 aliphatic carbocycles. The van der Waals surface area contributed by atoms with E-state index in [0.717, 1.165) is 12.0 Å². The van der Waals surface area contributed by atoms with Gasteiger partial charge >= 0.3 is 6.09 Å². The normalized spacial score (nSPS) is 23.5. The van der Waals surface area contributed by atoms with Crippen LogP contribution < -0.4 is 0 Å². The van der Waals surface area contributed by atoms with E-state index in [9.17, 15) is 4.79 Å². The maximum absolute atomic E-state index is 12.3. The minimum atomic E-state index is -0.471. The maximum atomic E-state index is 12.3. The number of hydrogen-bond acceptors (Lipinski definition) is 3. The van der Waals surface area contributed by atoms with Gasteiger partial charge < -0.3 is 9.47 Å². The van der Waals surface area contributed by atoms with Crippen molar-refractivity contribution in [1.29, 1.82) is 0 Å². The van der Waals surface area contributed by atoms with E-state index in [2.05, 4.69) is 19.9 Å². The molecule has 24 heavy (non-hydrogen) atoms. The van der Waals surface area contributed by atoms with Crippen LogP contribution in [-0.4, -0.2) is 34.8 Å². The Bertz CT molecular complexity index is 576. The summed E-state index contributed by atoms with van der Waals surface area (Å²) in [4.78, 5) is 14.1. The molecular formula is C20H29NO3. The van der Waals surface area contributed by atoms with Crippen LogP contribution in [0.15, 0.2) is 42.5 Å². The molecule has 2 rings (SSSR count). The monoisotopic (exact) mass is 331 g/mol. The van der Waals surface area contributed by atoms with Crippen LogP contribution in [0.25, 0.3) is 0 Å². The van der Waals surface area contributed by atoms with Gasteiger partial charge in [0.2, 0.25) is 0 Å². The molecule has 0 bridgehead atoms. The van der Waals surface area contributed by atoms with Crippen molar-refractivity contribution in [2.45, 2.75) is 64.8 Å². The number of rotatable bonds is 6. The van der Waals surface area contributed by atoms with Crippen molar-refractivity contribution in [3.63, 3.8) is 0 Å². The second kappa shape index (κ2) is 7.39. The van der Waals surface area contributed by atoms with Crippen LogP contribution in [0.4, 0.5) is 4.79 Å². The van der Waals surface area contributed by atoms with Crippen molar-refractivity contribution >= 4 is 6.09 Å². The first-order valence-corrected chi connectivity index (χ1v) is 8.59. The Balaban J connectivity index is 1.84. The molecular weight excluding hydrogens is 302 g/mol. The smallest absolute Gasteiger partial charge is 0.411 e. The molecule has 1 aromatic rings. The van der Waals surface area contributed by atoms with E-state index in [1.807, 2.05) is 62.1 Å². The summed E-state index contributed by atoms with van der Waals surface area (Å²) < 4.78 is 11.2. The van der Waals surface area contributed by atoms with Crippen LogP contribution in [0.1, 0.15) is 46.6 Å². The minimum Gasteiger partial charge on any atom is -0.444 e. The molecule has 0 saturated carbocycles. The third-order valence-corrected chi connectivity index (χ3v) is 4.20. The fourth-order valence-electron chi connectivity index (χ4n) is 3.00. The molecule has 2 atom stereocenters. The molecule has 0 unspecified atom stereocenters. The first-order valence-electron chi connectivity index (χ1n) is 8.59. The zero-order valence-electron chi connectivity index (χ0n) is 15.4. The number of ether oxygens (including phenoxy) is 2. The molecule has 4 nitrogen and oxygen atoms in total. The van der Waals surface area contributed by atoms with E-state index in [0.29, 0.717) is 13.2 Å². The summed E-state index contributed by atoms with van der Waals surface area (Å²) in [7, 11) is 0. The summed E-state index contributed by atoms with van der Waals surface area (Å²) >= 11 is 0. The summed E-state index contributed by atoms with van der Waals surface area (Å²) in [5, 5.41) is 0. The third-order valence-electron chi connectivity index (χ3n) is 4.20. The fraction of sp³-hybridized carbons (Fsp3) is 0.550. The second-order valence-corrected chi connectivity index (χ2v) is 7.40. The summed E-state index contributed by atoms with van der Waals surface area (Å²) in [5.74, 6) is 0. The number of carbonyl (C=O) groups is 1. The molecule has 0 radical (unpaired) electrons. The fourth-order valence-corrected chi connectivity index (χ4v) is 3.00. The highest BCUT2D eigenvalue weighted by Gasteiger charge is 2.60. The van der Waals surface area contributed by atoms with Gasteiger partial charge in [0.25, 0.3) is 0 Å². The van der Waals surface area contributed by atoms with Gasteiger partial charge in [-0.3, -0.25) is 4.90 Å². The van der Waals surface area contributed by atoms with Crippen molar-refractivity contribution in [3.05, 3.63) is 48.0 Å². The van der Waals surface area contributed by atoms with Crippen molar-refractivity contribution in [3.8, 4) is 0 Å². The molecule has 0 N–H and O–H groups in total. The number of amides is 1. The second-order valence-electron chi connectivity index (χ2n) is 7.40. The van der Waals surface area contributed by atoms with Gasteiger partial charge in [-0.15, -0.1) is 0 Å². The van der Waals surface area contributed by atoms with Crippen molar-refractivity contribution in [2.24, 2.45) is 0 Å². The average molecular weight is 331 g/mol. The molecule has 1 fully saturated rings. The average Bonchev–Trinajstić information content (AvgIpc) is 3.11. The zero-order chi connectivity index (χ0) is 17.8. The standard InChI is InChI=1S/C20H29NO3/c1-6-17-20(5,21(17)18(22)24-19(2,3)4)13-10-14-23-15-16-11-8-7-9-12-16/h7-13,17H,6,14-15H2,1-5H3/b13-10+/t17-,20+,21?/m0/s1. The van der Waals surface area contributed by atoms with Gasteiger partial charge in [-0.2, -0.15) is 0 Å². The molecule has 1 heterocycles. The number of carbonyl (C=O) groups excluding carboxylic acids is 1. The van der Waals surface area contributed by atoms with Crippen molar-refractivity contribution in [2.75, 3.05) is 6.61 Å². The van der Waals surface area contributed by atoms with Crippen LogP contribution in [0.5, 0.6) is 0 Å². The van der Waals surface area contributed by atoms with Crippen LogP contribution in [0.3, 0.4) is 0 Å². The van der Waals surface area contributed by atoms with Gasteiger partial charge in [-0.1, -0.05) is 49.4 Å². The third kappa shape index (κ3) is 4.60. The summed E-state index contributed by atoms with van der Waals surface area (Å²) in [5.41, 5.74) is 0.416. The lowest BCUT2D eigenvalue weighted by atomic mass is 10.1. The van der Waals surface area contributed by atoms with Gasteiger partial charge in [-0.25, -0.2) is 4.79 Å². The van der Waals surface area contributed by atoms with Crippen LogP contribution >= 0.6 is 0 Å². The molecule has 1 aromatic carbocycles. The quantitative estimate of drug-likeness (QED) is 0.436. The largest absolute Gasteiger partial charge is 0.444 e. The Labute approximate surface area is 145 Å². The molecule has 0 spiro atoms. The highest BCUT2D eigenvalue weighted by atomic mass is 16.6. The van der Waals surface area contributed by atoms with Gasteiger partial charge in [0.15, 0.2) is 0 Å². The first-order chi connectivity index (χ1) is 11.3. The Morgan fingerprint density at radius 3 is 2.54 bits per heavy atom. The summed E-state index contributed by atoms with van der Waals surface area (Å²) in [6.45, 7) is 10.9. The topological polar surface area (TPSA) is 38.5 Å². The van der Waals surface area contributed by atoms with E-state index >= 15 is 0 Å². The van der Waals surface area contributed by atoms with Crippen LogP contribution in [-0.2, 0) is 16.1 Å². The summed E-state index contributed by atoms with van der Waals surface area (Å²) in [6, 6.07) is 10.3. The van der Waals surface area contributed by atoms with E-state index in [-0.39, 0.29) is 17.7 Å². The predicted molar refractivity (Wildman–Crippen MR) is 95.8 cm³/mol. The van der Waals surface area contributed by atoms with Crippen LogP contribution in [0.2, 0.25) is 0 Å². The number of nitrogens with zero attached hydrogens (tertiary/aromatic N) is 1. The predicted octanol–water partition coefficient (Wildman–Crippen LogP) is 4.55. The SMILES string of the molecule is CC[C@@H]1N(C(=O)OC(C)(C)C)[C@]1(C)/C=C/COCc1ccccc1. The van der Waals surface area contributed by atoms with Gasteiger partial charge in [0.1, 0.15) is 5.60 Å². The van der Waals surface area contributed by atoms with Crippen LogP contribution in [0, 0.1) is 0 Å².